The number of hydrogen-bond acceptors (Lipinski definition) is 5. The third kappa shape index (κ3) is 3.99. The van der Waals surface area contributed by atoms with E-state index in [4.69, 9.17) is 4.74 Å². The molecular formula is C24H28N2O5S. The fraction of sp³-hybridized carbons (Fsp3) is 0.417. The highest BCUT2D eigenvalue weighted by atomic mass is 32.2. The van der Waals surface area contributed by atoms with Crippen LogP contribution in [-0.4, -0.2) is 32.2 Å². The molecule has 2 fully saturated rings. The van der Waals surface area contributed by atoms with Crippen molar-refractivity contribution < 1.29 is 22.7 Å². The first kappa shape index (κ1) is 22.3. The molecule has 2 aromatic rings. The highest BCUT2D eigenvalue weighted by Gasteiger charge is 2.47. The van der Waals surface area contributed by atoms with E-state index in [2.05, 4.69) is 4.72 Å². The Bertz CT molecular complexity index is 1130. The van der Waals surface area contributed by atoms with Crippen molar-refractivity contribution in [3.63, 3.8) is 0 Å². The molecule has 1 N–H and O–H groups in total. The largest absolute Gasteiger partial charge is 0.495 e. The van der Waals surface area contributed by atoms with Crippen LogP contribution in [0.3, 0.4) is 0 Å². The molecular weight excluding hydrogens is 428 g/mol. The number of hydrogen-bond donors (Lipinski definition) is 1. The molecule has 0 aromatic heterocycles. The van der Waals surface area contributed by atoms with Gasteiger partial charge in [-0.05, 0) is 55.5 Å². The van der Waals surface area contributed by atoms with Crippen LogP contribution in [0.4, 0.5) is 5.69 Å². The SMILES string of the molecule is COc1ccc(CN2C(=O)[C@H]3CCCC[C@H]3C2=O)cc1S(=O)(=O)Nc1c(C)cccc1C. The average Bonchev–Trinajstić information content (AvgIpc) is 3.01. The number of aryl methyl sites for hydroxylation is 2. The Morgan fingerprint density at radius 1 is 1.00 bits per heavy atom. The molecule has 1 saturated carbocycles. The number of benzene rings is 2. The molecule has 2 atom stereocenters. The Hall–Kier alpha value is -2.87. The number of amides is 2. The molecule has 1 aliphatic heterocycles. The Kier molecular flexibility index (Phi) is 5.99. The van der Waals surface area contributed by atoms with E-state index in [0.29, 0.717) is 11.3 Å². The number of para-hydroxylation sites is 1. The molecule has 1 heterocycles. The van der Waals surface area contributed by atoms with Gasteiger partial charge in [-0.25, -0.2) is 8.42 Å². The maximum absolute atomic E-state index is 13.3. The molecule has 1 saturated heterocycles. The van der Waals surface area contributed by atoms with Crippen LogP contribution in [0.2, 0.25) is 0 Å². The zero-order valence-corrected chi connectivity index (χ0v) is 19.4. The zero-order chi connectivity index (χ0) is 23.0. The minimum atomic E-state index is -3.97. The smallest absolute Gasteiger partial charge is 0.265 e. The fourth-order valence-electron chi connectivity index (χ4n) is 4.76. The summed E-state index contributed by atoms with van der Waals surface area (Å²) < 4.78 is 34.5. The maximum atomic E-state index is 13.3. The number of carbonyl (C=O) groups excluding carboxylic acids is 2. The molecule has 0 radical (unpaired) electrons. The summed E-state index contributed by atoms with van der Waals surface area (Å²) in [6, 6.07) is 10.3. The molecule has 8 heteroatoms. The van der Waals surface area contributed by atoms with E-state index in [-0.39, 0.29) is 40.8 Å². The lowest BCUT2D eigenvalue weighted by Crippen LogP contribution is -2.30. The van der Waals surface area contributed by atoms with Crippen LogP contribution in [0.15, 0.2) is 41.3 Å². The van der Waals surface area contributed by atoms with Crippen molar-refractivity contribution in [2.45, 2.75) is 51.0 Å². The van der Waals surface area contributed by atoms with Gasteiger partial charge in [0.2, 0.25) is 11.8 Å². The van der Waals surface area contributed by atoms with E-state index in [9.17, 15) is 18.0 Å². The van der Waals surface area contributed by atoms with E-state index < -0.39 is 10.0 Å². The molecule has 2 aromatic carbocycles. The van der Waals surface area contributed by atoms with Crippen molar-refractivity contribution in [3.8, 4) is 5.75 Å². The number of sulfonamides is 1. The third-order valence-corrected chi connectivity index (χ3v) is 7.88. The highest BCUT2D eigenvalue weighted by molar-refractivity contribution is 7.92. The lowest BCUT2D eigenvalue weighted by atomic mass is 9.81. The van der Waals surface area contributed by atoms with Gasteiger partial charge in [0.25, 0.3) is 10.0 Å². The summed E-state index contributed by atoms with van der Waals surface area (Å²) in [6.45, 7) is 3.73. The average molecular weight is 457 g/mol. The number of nitrogens with one attached hydrogen (secondary N) is 1. The maximum Gasteiger partial charge on any atom is 0.265 e. The first-order chi connectivity index (χ1) is 15.2. The molecule has 32 heavy (non-hydrogen) atoms. The Balaban J connectivity index is 1.64. The molecule has 1 aliphatic carbocycles. The number of fused-ring (bicyclic) bond motifs is 1. The molecule has 4 rings (SSSR count). The molecule has 0 unspecified atom stereocenters. The molecule has 7 nitrogen and oxygen atoms in total. The van der Waals surface area contributed by atoms with Gasteiger partial charge < -0.3 is 4.74 Å². The molecule has 170 valence electrons. The van der Waals surface area contributed by atoms with E-state index in [1.54, 1.807) is 12.1 Å². The van der Waals surface area contributed by atoms with E-state index in [1.807, 2.05) is 32.0 Å². The van der Waals surface area contributed by atoms with Crippen LogP contribution in [0.1, 0.15) is 42.4 Å². The standard InChI is InChI=1S/C24H28N2O5S/c1-15-7-6-8-16(2)22(15)25-32(29,30)21-13-17(11-12-20(21)31-3)14-26-23(27)18-9-4-5-10-19(18)24(26)28/h6-8,11-13,18-19,25H,4-5,9-10,14H2,1-3H3/t18-,19+. The molecule has 2 amide bonds. The predicted octanol–water partition coefficient (Wildman–Crippen LogP) is 3.79. The second-order valence-corrected chi connectivity index (χ2v) is 10.3. The van der Waals surface area contributed by atoms with Crippen molar-refractivity contribution in [2.75, 3.05) is 11.8 Å². The number of carbonyl (C=O) groups is 2. The van der Waals surface area contributed by atoms with Crippen LogP contribution < -0.4 is 9.46 Å². The Morgan fingerprint density at radius 2 is 1.59 bits per heavy atom. The summed E-state index contributed by atoms with van der Waals surface area (Å²) in [5.74, 6) is -0.561. The number of nitrogens with zero attached hydrogens (tertiary/aromatic N) is 1. The first-order valence-corrected chi connectivity index (χ1v) is 12.3. The summed E-state index contributed by atoms with van der Waals surface area (Å²) in [4.78, 5) is 26.9. The van der Waals surface area contributed by atoms with Gasteiger partial charge in [0.15, 0.2) is 0 Å². The van der Waals surface area contributed by atoms with Crippen molar-refractivity contribution in [1.29, 1.82) is 0 Å². The van der Waals surface area contributed by atoms with Crippen molar-refractivity contribution in [1.82, 2.24) is 4.90 Å². The fourth-order valence-corrected chi connectivity index (χ4v) is 6.19. The third-order valence-electron chi connectivity index (χ3n) is 6.51. The van der Waals surface area contributed by atoms with Crippen LogP contribution in [0.25, 0.3) is 0 Å². The number of anilines is 1. The van der Waals surface area contributed by atoms with Crippen LogP contribution in [0, 0.1) is 25.7 Å². The number of ether oxygens (including phenoxy) is 1. The number of imide groups is 1. The van der Waals surface area contributed by atoms with Crippen LogP contribution in [0.5, 0.6) is 5.75 Å². The lowest BCUT2D eigenvalue weighted by molar-refractivity contribution is -0.140. The Morgan fingerprint density at radius 3 is 2.16 bits per heavy atom. The summed E-state index contributed by atoms with van der Waals surface area (Å²) in [7, 11) is -2.56. The monoisotopic (exact) mass is 456 g/mol. The van der Waals surface area contributed by atoms with Crippen LogP contribution in [-0.2, 0) is 26.2 Å². The molecule has 0 bridgehead atoms. The quantitative estimate of drug-likeness (QED) is 0.668. The van der Waals surface area contributed by atoms with E-state index >= 15 is 0 Å². The second-order valence-electron chi connectivity index (χ2n) is 8.62. The normalized spacial score (nSPS) is 20.9. The summed E-state index contributed by atoms with van der Waals surface area (Å²) in [5, 5.41) is 0. The van der Waals surface area contributed by atoms with E-state index in [0.717, 1.165) is 36.8 Å². The minimum absolute atomic E-state index is 0.0309. The van der Waals surface area contributed by atoms with Gasteiger partial charge in [-0.3, -0.25) is 19.2 Å². The number of methoxy groups -OCH3 is 1. The van der Waals surface area contributed by atoms with Gasteiger partial charge in [-0.15, -0.1) is 0 Å². The van der Waals surface area contributed by atoms with Gasteiger partial charge in [0.1, 0.15) is 10.6 Å². The lowest BCUT2D eigenvalue weighted by Gasteiger charge is -2.19. The number of rotatable bonds is 6. The van der Waals surface area contributed by atoms with Gasteiger partial charge in [-0.2, -0.15) is 0 Å². The molecule has 0 spiro atoms. The zero-order valence-electron chi connectivity index (χ0n) is 18.6. The summed E-state index contributed by atoms with van der Waals surface area (Å²) in [6.07, 6.45) is 3.41. The topological polar surface area (TPSA) is 92.8 Å². The van der Waals surface area contributed by atoms with Gasteiger partial charge >= 0.3 is 0 Å². The van der Waals surface area contributed by atoms with Crippen molar-refractivity contribution in [3.05, 3.63) is 53.1 Å². The van der Waals surface area contributed by atoms with Crippen molar-refractivity contribution >= 4 is 27.5 Å². The summed E-state index contributed by atoms with van der Waals surface area (Å²) >= 11 is 0. The molecule has 2 aliphatic rings. The van der Waals surface area contributed by atoms with E-state index in [1.165, 1.54) is 18.1 Å². The second kappa shape index (κ2) is 8.58. The summed E-state index contributed by atoms with van der Waals surface area (Å²) in [5.41, 5.74) is 2.70. The van der Waals surface area contributed by atoms with Crippen LogP contribution >= 0.6 is 0 Å². The first-order valence-electron chi connectivity index (χ1n) is 10.8. The highest BCUT2D eigenvalue weighted by Crippen LogP contribution is 2.39. The van der Waals surface area contributed by atoms with Crippen molar-refractivity contribution in [2.24, 2.45) is 11.8 Å². The number of likely N-dealkylation sites (tertiary alicyclic amines) is 1. The Labute approximate surface area is 188 Å². The minimum Gasteiger partial charge on any atom is -0.495 e. The van der Waals surface area contributed by atoms with Gasteiger partial charge in [-0.1, -0.05) is 37.1 Å². The predicted molar refractivity (Wildman–Crippen MR) is 121 cm³/mol. The van der Waals surface area contributed by atoms with Gasteiger partial charge in [0, 0.05) is 0 Å². The van der Waals surface area contributed by atoms with Gasteiger partial charge in [0.05, 0.1) is 31.2 Å².